The zero-order valence-electron chi connectivity index (χ0n) is 21.1. The number of hydrogen-bond acceptors (Lipinski definition) is 6. The molecule has 0 saturated carbocycles. The van der Waals surface area contributed by atoms with E-state index in [-0.39, 0.29) is 28.4 Å². The Kier molecular flexibility index (Phi) is 7.06. The van der Waals surface area contributed by atoms with Crippen molar-refractivity contribution in [3.63, 3.8) is 0 Å². The number of fused-ring (bicyclic) bond motifs is 2. The van der Waals surface area contributed by atoms with Gasteiger partial charge in [-0.05, 0) is 61.9 Å². The highest BCUT2D eigenvalue weighted by Gasteiger charge is 2.42. The van der Waals surface area contributed by atoms with E-state index in [9.17, 15) is 27.6 Å². The van der Waals surface area contributed by atoms with Crippen LogP contribution in [-0.4, -0.2) is 53.7 Å². The van der Waals surface area contributed by atoms with E-state index in [1.807, 2.05) is 0 Å². The molecular formula is C27H25F3N6O4. The molecule has 13 heteroatoms. The van der Waals surface area contributed by atoms with Crippen molar-refractivity contribution in [3.8, 4) is 17.0 Å². The van der Waals surface area contributed by atoms with Gasteiger partial charge in [0.05, 0.1) is 11.3 Å². The average Bonchev–Trinajstić information content (AvgIpc) is 3.39. The van der Waals surface area contributed by atoms with E-state index in [0.29, 0.717) is 23.4 Å². The van der Waals surface area contributed by atoms with Crippen molar-refractivity contribution in [1.82, 2.24) is 20.6 Å². The highest BCUT2D eigenvalue weighted by molar-refractivity contribution is 6.06. The molecule has 1 saturated heterocycles. The predicted molar refractivity (Wildman–Crippen MR) is 140 cm³/mol. The van der Waals surface area contributed by atoms with Crippen molar-refractivity contribution < 1.29 is 32.3 Å². The van der Waals surface area contributed by atoms with Crippen LogP contribution in [-0.2, 0) is 10.2 Å². The maximum atomic E-state index is 13.0. The second kappa shape index (κ2) is 10.5. The number of nitrogens with one attached hydrogen (secondary N) is 5. The molecule has 0 radical (unpaired) electrons. The number of ether oxygens (including phenoxy) is 1. The summed E-state index contributed by atoms with van der Waals surface area (Å²) < 4.78 is 42.3. The number of nitrogens with zero attached hydrogens (tertiary/aromatic N) is 1. The number of carbonyl (C=O) groups excluding carboxylic acids is 3. The number of alkyl halides is 3. The van der Waals surface area contributed by atoms with Crippen molar-refractivity contribution in [3.05, 3.63) is 72.1 Å². The number of carbonyl (C=O) groups is 3. The van der Waals surface area contributed by atoms with Crippen LogP contribution in [0.25, 0.3) is 11.3 Å². The summed E-state index contributed by atoms with van der Waals surface area (Å²) in [6.07, 6.45) is -0.746. The van der Waals surface area contributed by atoms with Crippen LogP contribution in [0.15, 0.2) is 55.3 Å². The lowest BCUT2D eigenvalue weighted by Gasteiger charge is -2.40. The summed E-state index contributed by atoms with van der Waals surface area (Å²) in [5, 5.41) is 11.2. The second-order valence-corrected chi connectivity index (χ2v) is 9.55. The first-order chi connectivity index (χ1) is 19.1. The Morgan fingerprint density at radius 3 is 2.67 bits per heavy atom. The van der Waals surface area contributed by atoms with Gasteiger partial charge in [-0.1, -0.05) is 6.58 Å². The molecule has 5 rings (SSSR count). The number of H-pyrrole nitrogens is 1. The Morgan fingerprint density at radius 1 is 1.12 bits per heavy atom. The van der Waals surface area contributed by atoms with Crippen LogP contribution in [0.3, 0.4) is 0 Å². The van der Waals surface area contributed by atoms with Crippen molar-refractivity contribution in [2.75, 3.05) is 30.3 Å². The smallest absolute Gasteiger partial charge is 0.404 e. The van der Waals surface area contributed by atoms with Gasteiger partial charge in [-0.15, -0.1) is 13.2 Å². The van der Waals surface area contributed by atoms with Crippen molar-refractivity contribution in [2.24, 2.45) is 0 Å². The highest BCUT2D eigenvalue weighted by atomic mass is 19.4. The molecule has 3 amide bonds. The third-order valence-corrected chi connectivity index (χ3v) is 6.88. The second-order valence-electron chi connectivity index (χ2n) is 9.55. The van der Waals surface area contributed by atoms with Crippen molar-refractivity contribution in [1.29, 1.82) is 0 Å². The van der Waals surface area contributed by atoms with Gasteiger partial charge in [0.2, 0.25) is 5.91 Å². The molecule has 2 aliphatic rings. The van der Waals surface area contributed by atoms with Gasteiger partial charge in [-0.3, -0.25) is 14.4 Å². The molecule has 4 heterocycles. The molecule has 208 valence electrons. The average molecular weight is 555 g/mol. The van der Waals surface area contributed by atoms with Gasteiger partial charge in [0.1, 0.15) is 5.82 Å². The van der Waals surface area contributed by atoms with Gasteiger partial charge in [0.25, 0.3) is 11.8 Å². The first-order valence-corrected chi connectivity index (χ1v) is 12.4. The van der Waals surface area contributed by atoms with E-state index in [1.54, 1.807) is 18.2 Å². The van der Waals surface area contributed by atoms with E-state index < -0.39 is 23.9 Å². The molecule has 2 aliphatic heterocycles. The van der Waals surface area contributed by atoms with Gasteiger partial charge < -0.3 is 31.0 Å². The van der Waals surface area contributed by atoms with Crippen molar-refractivity contribution in [2.45, 2.75) is 24.6 Å². The highest BCUT2D eigenvalue weighted by Crippen LogP contribution is 2.38. The number of aromatic nitrogens is 2. The van der Waals surface area contributed by atoms with Gasteiger partial charge >= 0.3 is 6.36 Å². The monoisotopic (exact) mass is 554 g/mol. The van der Waals surface area contributed by atoms with Crippen LogP contribution in [0.1, 0.15) is 39.3 Å². The normalized spacial score (nSPS) is 18.4. The Labute approximate surface area is 226 Å². The van der Waals surface area contributed by atoms with E-state index in [0.717, 1.165) is 55.9 Å². The van der Waals surface area contributed by atoms with Crippen LogP contribution in [0.5, 0.6) is 5.75 Å². The largest absolute Gasteiger partial charge is 0.573 e. The third kappa shape index (κ3) is 5.54. The maximum Gasteiger partial charge on any atom is 0.573 e. The van der Waals surface area contributed by atoms with E-state index in [1.165, 1.54) is 6.20 Å². The van der Waals surface area contributed by atoms with Gasteiger partial charge in [-0.25, -0.2) is 4.98 Å². The number of benzene rings is 1. The third-order valence-electron chi connectivity index (χ3n) is 6.88. The van der Waals surface area contributed by atoms with Crippen molar-refractivity contribution >= 4 is 29.2 Å². The fraction of sp³-hybridized carbons (Fsp3) is 0.259. The Morgan fingerprint density at radius 2 is 1.95 bits per heavy atom. The summed E-state index contributed by atoms with van der Waals surface area (Å²) in [6.45, 7) is 5.46. The Bertz CT molecular complexity index is 1490. The standard InChI is InChI=1S/C27H25F3N6O4/c1-2-22(37)34-19-10-16(4-5-20(19)40-27(28,29)30)24(38)36-21-11-15(6-9-32-21)18-12-17-23(35-18)26(14-33-25(17)39)7-3-8-31-13-26/h2,4-6,9-12,31,35H,1,3,7-8,13-14H2,(H,33,39)(H,34,37)(H,32,36,38). The quantitative estimate of drug-likeness (QED) is 0.295. The summed E-state index contributed by atoms with van der Waals surface area (Å²) >= 11 is 0. The number of pyridine rings is 1. The van der Waals surface area contributed by atoms with Crippen LogP contribution < -0.4 is 26.0 Å². The molecule has 3 aromatic rings. The van der Waals surface area contributed by atoms with Gasteiger partial charge in [-0.2, -0.15) is 0 Å². The lowest BCUT2D eigenvalue weighted by atomic mass is 9.74. The molecule has 2 aromatic heterocycles. The molecular weight excluding hydrogens is 529 g/mol. The fourth-order valence-corrected chi connectivity index (χ4v) is 4.99. The predicted octanol–water partition coefficient (Wildman–Crippen LogP) is 3.72. The lowest BCUT2D eigenvalue weighted by Crippen LogP contribution is -2.54. The topological polar surface area (TPSA) is 137 Å². The molecule has 40 heavy (non-hydrogen) atoms. The molecule has 1 aromatic carbocycles. The molecule has 0 bridgehead atoms. The minimum absolute atomic E-state index is 0.0557. The summed E-state index contributed by atoms with van der Waals surface area (Å²) in [4.78, 5) is 44.9. The number of rotatable bonds is 6. The molecule has 5 N–H and O–H groups in total. The lowest BCUT2D eigenvalue weighted by molar-refractivity contribution is -0.274. The fourth-order valence-electron chi connectivity index (χ4n) is 4.99. The van der Waals surface area contributed by atoms with Crippen LogP contribution in [0, 0.1) is 0 Å². The molecule has 10 nitrogen and oxygen atoms in total. The number of amides is 3. The molecule has 1 unspecified atom stereocenters. The molecule has 0 aliphatic carbocycles. The minimum Gasteiger partial charge on any atom is -0.404 e. The minimum atomic E-state index is -5.01. The number of piperidine rings is 1. The number of anilines is 2. The van der Waals surface area contributed by atoms with Crippen LogP contribution in [0.4, 0.5) is 24.7 Å². The maximum absolute atomic E-state index is 13.0. The Balaban J connectivity index is 1.39. The zero-order valence-corrected chi connectivity index (χ0v) is 21.1. The number of halogens is 3. The first-order valence-electron chi connectivity index (χ1n) is 12.4. The summed E-state index contributed by atoms with van der Waals surface area (Å²) in [6, 6.07) is 8.21. The Hall–Kier alpha value is -4.65. The first kappa shape index (κ1) is 26.9. The zero-order chi connectivity index (χ0) is 28.5. The van der Waals surface area contributed by atoms with Crippen LogP contribution in [0.2, 0.25) is 0 Å². The summed E-state index contributed by atoms with van der Waals surface area (Å²) in [5.74, 6) is -2.15. The molecule has 1 atom stereocenters. The summed E-state index contributed by atoms with van der Waals surface area (Å²) in [7, 11) is 0. The summed E-state index contributed by atoms with van der Waals surface area (Å²) in [5.41, 5.74) is 2.13. The molecule has 1 fully saturated rings. The van der Waals surface area contributed by atoms with E-state index in [4.69, 9.17) is 0 Å². The van der Waals surface area contributed by atoms with Crippen LogP contribution >= 0.6 is 0 Å². The van der Waals surface area contributed by atoms with E-state index >= 15 is 0 Å². The van der Waals surface area contributed by atoms with Gasteiger partial charge in [0.15, 0.2) is 5.75 Å². The van der Waals surface area contributed by atoms with Gasteiger partial charge in [0, 0.05) is 47.2 Å². The number of aromatic amines is 1. The SMILES string of the molecule is C=CC(=O)Nc1cc(C(=O)Nc2cc(-c3cc4c([nH]3)C3(CCCNC3)CNC4=O)ccn2)ccc1OC(F)(F)F. The number of hydrogen-bond donors (Lipinski definition) is 5. The molecule has 1 spiro atoms. The van der Waals surface area contributed by atoms with E-state index in [2.05, 4.69) is 42.6 Å².